The van der Waals surface area contributed by atoms with Crippen LogP contribution in [0.25, 0.3) is 11.4 Å². The number of carbonyl (C=O) groups is 1. The van der Waals surface area contributed by atoms with E-state index in [0.29, 0.717) is 22.8 Å². The third kappa shape index (κ3) is 5.25. The maximum Gasteiger partial charge on any atom is 0.324 e. The Bertz CT molecular complexity index is 1050. The lowest BCUT2D eigenvalue weighted by Gasteiger charge is -2.08. The summed E-state index contributed by atoms with van der Waals surface area (Å²) in [5.74, 6) is 0.532. The second-order valence-corrected chi connectivity index (χ2v) is 7.86. The molecule has 3 aromatic rings. The number of rotatable bonds is 5. The lowest BCUT2D eigenvalue weighted by atomic mass is 10.2. The third-order valence-corrected chi connectivity index (χ3v) is 4.11. The molecule has 2 heterocycles. The Kier molecular flexibility index (Phi) is 5.03. The molecule has 140 valence electrons. The van der Waals surface area contributed by atoms with Gasteiger partial charge in [0.15, 0.2) is 21.5 Å². The predicted molar refractivity (Wildman–Crippen MR) is 99.6 cm³/mol. The number of carbonyl (C=O) groups excluding carboxylic acids is 1. The Morgan fingerprint density at radius 1 is 1.15 bits per heavy atom. The number of anilines is 3. The number of nitrogen functional groups attached to an aromatic ring is 1. The molecule has 11 heteroatoms. The van der Waals surface area contributed by atoms with Crippen LogP contribution in [-0.4, -0.2) is 35.8 Å². The molecular weight excluding hydrogens is 372 g/mol. The summed E-state index contributed by atoms with van der Waals surface area (Å²) in [4.78, 5) is 20.2. The number of aromatic nitrogens is 3. The molecule has 0 aliphatic rings. The molecule has 0 bridgehead atoms. The molecule has 0 radical (unpaired) electrons. The van der Waals surface area contributed by atoms with Gasteiger partial charge in [0.25, 0.3) is 0 Å². The predicted octanol–water partition coefficient (Wildman–Crippen LogP) is 1.90. The number of benzene rings is 1. The van der Waals surface area contributed by atoms with Gasteiger partial charge in [-0.3, -0.25) is 5.32 Å². The van der Waals surface area contributed by atoms with Crippen LogP contribution in [-0.2, 0) is 15.6 Å². The molecule has 0 spiro atoms. The molecule has 0 atom stereocenters. The van der Waals surface area contributed by atoms with Gasteiger partial charge in [0.05, 0.1) is 11.4 Å². The third-order valence-electron chi connectivity index (χ3n) is 3.29. The fraction of sp³-hybridized carbons (Fsp3) is 0.125. The van der Waals surface area contributed by atoms with Crippen LogP contribution in [0.3, 0.4) is 0 Å². The molecule has 27 heavy (non-hydrogen) atoms. The minimum atomic E-state index is -3.25. The van der Waals surface area contributed by atoms with Crippen LogP contribution in [0.4, 0.5) is 22.1 Å². The van der Waals surface area contributed by atoms with Crippen molar-refractivity contribution in [3.8, 4) is 11.4 Å². The maximum atomic E-state index is 11.9. The van der Waals surface area contributed by atoms with Crippen molar-refractivity contribution in [1.82, 2.24) is 15.1 Å². The van der Waals surface area contributed by atoms with Crippen molar-refractivity contribution in [1.29, 1.82) is 0 Å². The van der Waals surface area contributed by atoms with E-state index in [-0.39, 0.29) is 17.4 Å². The van der Waals surface area contributed by atoms with E-state index in [4.69, 9.17) is 5.73 Å². The summed E-state index contributed by atoms with van der Waals surface area (Å²) in [6.07, 6.45) is 2.46. The first-order chi connectivity index (χ1) is 12.8. The second kappa shape index (κ2) is 7.41. The Labute approximate surface area is 154 Å². The van der Waals surface area contributed by atoms with Gasteiger partial charge in [-0.25, -0.2) is 23.2 Å². The van der Waals surface area contributed by atoms with E-state index in [1.807, 2.05) is 0 Å². The monoisotopic (exact) mass is 388 g/mol. The van der Waals surface area contributed by atoms with Gasteiger partial charge in [-0.2, -0.15) is 0 Å². The van der Waals surface area contributed by atoms with Crippen molar-refractivity contribution >= 4 is 33.2 Å². The van der Waals surface area contributed by atoms with Gasteiger partial charge in [-0.05, 0) is 24.3 Å². The highest BCUT2D eigenvalue weighted by atomic mass is 32.2. The number of urea groups is 1. The number of nitrogens with one attached hydrogen (secondary N) is 2. The molecule has 3 rings (SSSR count). The molecule has 0 saturated heterocycles. The van der Waals surface area contributed by atoms with Crippen molar-refractivity contribution in [2.45, 2.75) is 5.75 Å². The van der Waals surface area contributed by atoms with Gasteiger partial charge in [0, 0.05) is 29.6 Å². The zero-order chi connectivity index (χ0) is 19.4. The number of nitrogens with zero attached hydrogens (tertiary/aromatic N) is 3. The molecule has 0 aliphatic heterocycles. The van der Waals surface area contributed by atoms with Crippen LogP contribution in [0.15, 0.2) is 47.2 Å². The van der Waals surface area contributed by atoms with E-state index in [9.17, 15) is 13.2 Å². The summed E-state index contributed by atoms with van der Waals surface area (Å²) in [6, 6.07) is 9.13. The average Bonchev–Trinajstić information content (AvgIpc) is 3.06. The summed E-state index contributed by atoms with van der Waals surface area (Å²) in [7, 11) is -3.25. The smallest absolute Gasteiger partial charge is 0.324 e. The van der Waals surface area contributed by atoms with Crippen LogP contribution >= 0.6 is 0 Å². The molecule has 2 amide bonds. The molecule has 0 unspecified atom stereocenters. The first-order valence-corrected chi connectivity index (χ1v) is 9.74. The SMILES string of the molecule is CS(=O)(=O)Cc1cc(N)nc(-c2ccc(NC(=O)Nc3ccon3)cc2)n1. The standard InChI is InChI=1S/C16H16N6O4S/c1-27(24,25)9-12-8-13(17)20-15(18-12)10-2-4-11(5-3-10)19-16(23)21-14-6-7-26-22-14/h2-8H,9H2,1H3,(H2,17,18,20)(H2,19,21,22,23). The molecule has 0 fully saturated rings. The second-order valence-electron chi connectivity index (χ2n) is 5.72. The van der Waals surface area contributed by atoms with Crippen molar-refractivity contribution < 1.29 is 17.7 Å². The molecular formula is C16H16N6O4S. The van der Waals surface area contributed by atoms with Gasteiger partial charge in [0.1, 0.15) is 12.1 Å². The zero-order valence-corrected chi connectivity index (χ0v) is 15.0. The van der Waals surface area contributed by atoms with Gasteiger partial charge in [0.2, 0.25) is 0 Å². The largest absolute Gasteiger partial charge is 0.384 e. The fourth-order valence-corrected chi connectivity index (χ4v) is 2.93. The minimum Gasteiger partial charge on any atom is -0.384 e. The van der Waals surface area contributed by atoms with Gasteiger partial charge in [-0.1, -0.05) is 5.16 Å². The minimum absolute atomic E-state index is 0.174. The van der Waals surface area contributed by atoms with E-state index in [1.54, 1.807) is 24.3 Å². The highest BCUT2D eigenvalue weighted by molar-refractivity contribution is 7.89. The van der Waals surface area contributed by atoms with Crippen LogP contribution in [0.2, 0.25) is 0 Å². The van der Waals surface area contributed by atoms with Crippen LogP contribution in [0.1, 0.15) is 5.69 Å². The average molecular weight is 388 g/mol. The van der Waals surface area contributed by atoms with Crippen molar-refractivity contribution in [3.63, 3.8) is 0 Å². The van der Waals surface area contributed by atoms with Crippen LogP contribution in [0, 0.1) is 0 Å². The summed E-state index contributed by atoms with van der Waals surface area (Å²) in [5, 5.41) is 8.71. The van der Waals surface area contributed by atoms with E-state index < -0.39 is 15.9 Å². The molecule has 10 nitrogen and oxygen atoms in total. The summed E-state index contributed by atoms with van der Waals surface area (Å²) in [5.41, 5.74) is 7.22. The number of hydrogen-bond acceptors (Lipinski definition) is 8. The summed E-state index contributed by atoms with van der Waals surface area (Å²) in [6.45, 7) is 0. The van der Waals surface area contributed by atoms with Gasteiger partial charge >= 0.3 is 6.03 Å². The normalized spacial score (nSPS) is 11.1. The zero-order valence-electron chi connectivity index (χ0n) is 14.2. The van der Waals surface area contributed by atoms with E-state index in [1.165, 1.54) is 18.4 Å². The van der Waals surface area contributed by atoms with Crippen molar-refractivity contribution in [2.75, 3.05) is 22.6 Å². The Hall–Kier alpha value is -3.47. The summed E-state index contributed by atoms with van der Waals surface area (Å²) < 4.78 is 27.6. The van der Waals surface area contributed by atoms with Crippen molar-refractivity contribution in [3.05, 3.63) is 48.4 Å². The highest BCUT2D eigenvalue weighted by Gasteiger charge is 2.11. The van der Waals surface area contributed by atoms with Crippen molar-refractivity contribution in [2.24, 2.45) is 0 Å². The van der Waals surface area contributed by atoms with E-state index >= 15 is 0 Å². The molecule has 4 N–H and O–H groups in total. The van der Waals surface area contributed by atoms with Crippen LogP contribution < -0.4 is 16.4 Å². The van der Waals surface area contributed by atoms with Gasteiger partial charge in [-0.15, -0.1) is 0 Å². The lowest BCUT2D eigenvalue weighted by molar-refractivity contribution is 0.262. The summed E-state index contributed by atoms with van der Waals surface area (Å²) >= 11 is 0. The quantitative estimate of drug-likeness (QED) is 0.599. The number of nitrogens with two attached hydrogens (primary N) is 1. The Balaban J connectivity index is 1.74. The number of sulfone groups is 1. The topological polar surface area (TPSA) is 153 Å². The maximum absolute atomic E-state index is 11.9. The first kappa shape index (κ1) is 18.3. The fourth-order valence-electron chi connectivity index (χ4n) is 2.25. The van der Waals surface area contributed by atoms with Gasteiger partial charge < -0.3 is 15.6 Å². The molecule has 2 aromatic heterocycles. The highest BCUT2D eigenvalue weighted by Crippen LogP contribution is 2.20. The van der Waals surface area contributed by atoms with E-state index in [2.05, 4.69) is 30.3 Å². The number of amides is 2. The molecule has 0 aliphatic carbocycles. The number of hydrogen-bond donors (Lipinski definition) is 3. The van der Waals surface area contributed by atoms with Crippen LogP contribution in [0.5, 0.6) is 0 Å². The lowest BCUT2D eigenvalue weighted by Crippen LogP contribution is -2.19. The Morgan fingerprint density at radius 3 is 2.52 bits per heavy atom. The van der Waals surface area contributed by atoms with E-state index in [0.717, 1.165) is 6.26 Å². The molecule has 0 saturated carbocycles. The molecule has 1 aromatic carbocycles. The Morgan fingerprint density at radius 2 is 1.89 bits per heavy atom. The first-order valence-electron chi connectivity index (χ1n) is 7.68.